The number of amides is 1. The maximum atomic E-state index is 12.1. The molecular weight excluding hydrogens is 394 g/mol. The van der Waals surface area contributed by atoms with Crippen LogP contribution < -0.4 is 24.5 Å². The number of hydrogen-bond donors (Lipinski definition) is 2. The van der Waals surface area contributed by atoms with Crippen LogP contribution in [0.3, 0.4) is 0 Å². The van der Waals surface area contributed by atoms with Crippen LogP contribution in [0.15, 0.2) is 47.6 Å². The molecular formula is C24H32N3O4+. The summed E-state index contributed by atoms with van der Waals surface area (Å²) in [6.45, 7) is 5.10. The van der Waals surface area contributed by atoms with E-state index in [1.807, 2.05) is 19.1 Å². The van der Waals surface area contributed by atoms with Crippen LogP contribution in [0, 0.1) is 0 Å². The Balaban J connectivity index is 1.57. The molecule has 2 N–H and O–H groups in total. The van der Waals surface area contributed by atoms with Crippen LogP contribution in [0.1, 0.15) is 37.3 Å². The van der Waals surface area contributed by atoms with Gasteiger partial charge in [-0.3, -0.25) is 4.79 Å². The number of nitrogens with one attached hydrogen (secondary N) is 2. The summed E-state index contributed by atoms with van der Waals surface area (Å²) in [7, 11) is 3.30. The summed E-state index contributed by atoms with van der Waals surface area (Å²) in [6.07, 6.45) is 3.89. The van der Waals surface area contributed by atoms with Crippen LogP contribution in [0.25, 0.3) is 0 Å². The van der Waals surface area contributed by atoms with E-state index in [0.717, 1.165) is 29.3 Å². The number of methoxy groups -OCH3 is 2. The number of nitrogens with zero attached hydrogens (tertiary/aromatic N) is 1. The van der Waals surface area contributed by atoms with Crippen molar-refractivity contribution in [2.24, 2.45) is 5.10 Å². The van der Waals surface area contributed by atoms with E-state index >= 15 is 0 Å². The van der Waals surface area contributed by atoms with Crippen LogP contribution in [-0.2, 0) is 11.3 Å². The molecule has 0 radical (unpaired) electrons. The molecule has 0 unspecified atom stereocenters. The lowest BCUT2D eigenvalue weighted by Crippen LogP contribution is -3.11. The summed E-state index contributed by atoms with van der Waals surface area (Å²) in [5.41, 5.74) is 5.43. The van der Waals surface area contributed by atoms with Crippen molar-refractivity contribution in [1.82, 2.24) is 5.43 Å². The topological polar surface area (TPSA) is 73.6 Å². The first-order valence-electron chi connectivity index (χ1n) is 10.7. The lowest BCUT2D eigenvalue weighted by atomic mass is 10.0. The van der Waals surface area contributed by atoms with Gasteiger partial charge in [0.05, 0.1) is 33.0 Å². The average Bonchev–Trinajstić information content (AvgIpc) is 2.82. The van der Waals surface area contributed by atoms with Gasteiger partial charge in [0.15, 0.2) is 6.61 Å². The van der Waals surface area contributed by atoms with Gasteiger partial charge >= 0.3 is 0 Å². The Morgan fingerprint density at radius 1 is 1.00 bits per heavy atom. The van der Waals surface area contributed by atoms with E-state index in [-0.39, 0.29) is 12.5 Å². The van der Waals surface area contributed by atoms with Gasteiger partial charge in [0.1, 0.15) is 23.8 Å². The summed E-state index contributed by atoms with van der Waals surface area (Å²) in [4.78, 5) is 13.7. The van der Waals surface area contributed by atoms with E-state index in [0.29, 0.717) is 5.75 Å². The quantitative estimate of drug-likeness (QED) is 0.476. The highest BCUT2D eigenvalue weighted by molar-refractivity contribution is 5.99. The molecule has 1 amide bonds. The Labute approximate surface area is 184 Å². The molecule has 0 bridgehead atoms. The average molecular weight is 427 g/mol. The van der Waals surface area contributed by atoms with Crippen molar-refractivity contribution in [1.29, 1.82) is 0 Å². The van der Waals surface area contributed by atoms with Crippen LogP contribution in [0.2, 0.25) is 0 Å². The van der Waals surface area contributed by atoms with Crippen molar-refractivity contribution in [2.45, 2.75) is 32.7 Å². The zero-order valence-corrected chi connectivity index (χ0v) is 18.6. The van der Waals surface area contributed by atoms with E-state index in [2.05, 4.69) is 16.6 Å². The fourth-order valence-electron chi connectivity index (χ4n) is 3.70. The highest BCUT2D eigenvalue weighted by Gasteiger charge is 2.17. The number of rotatable bonds is 9. The molecule has 1 aliphatic rings. The van der Waals surface area contributed by atoms with Gasteiger partial charge in [-0.2, -0.15) is 5.10 Å². The van der Waals surface area contributed by atoms with E-state index in [1.165, 1.54) is 37.9 Å². The SMILES string of the molecule is COc1ccc(OCC(=O)N/N=C(/C)c2ccc(OC)c(C[NH+]3CCCCC3)c2)cc1. The molecule has 1 heterocycles. The Hall–Kier alpha value is -3.06. The molecule has 1 aliphatic heterocycles. The van der Waals surface area contributed by atoms with E-state index in [1.54, 1.807) is 43.4 Å². The first kappa shape index (κ1) is 22.6. The first-order chi connectivity index (χ1) is 15.1. The molecule has 0 saturated carbocycles. The van der Waals surface area contributed by atoms with Crippen molar-refractivity contribution in [2.75, 3.05) is 33.9 Å². The van der Waals surface area contributed by atoms with Crippen LogP contribution in [-0.4, -0.2) is 45.5 Å². The van der Waals surface area contributed by atoms with Crippen molar-refractivity contribution in [3.05, 3.63) is 53.6 Å². The molecule has 2 aromatic rings. The maximum absolute atomic E-state index is 12.1. The molecule has 3 rings (SSSR count). The Morgan fingerprint density at radius 3 is 2.39 bits per heavy atom. The minimum atomic E-state index is -0.318. The third-order valence-electron chi connectivity index (χ3n) is 5.48. The lowest BCUT2D eigenvalue weighted by Gasteiger charge is -2.24. The molecule has 0 spiro atoms. The largest absolute Gasteiger partial charge is 0.497 e. The van der Waals surface area contributed by atoms with Gasteiger partial charge in [-0.1, -0.05) is 0 Å². The normalized spacial score (nSPS) is 14.7. The third-order valence-corrected chi connectivity index (χ3v) is 5.48. The molecule has 0 atom stereocenters. The summed E-state index contributed by atoms with van der Waals surface area (Å²) < 4.78 is 16.1. The van der Waals surface area contributed by atoms with E-state index < -0.39 is 0 Å². The van der Waals surface area contributed by atoms with Gasteiger partial charge in [-0.05, 0) is 74.2 Å². The molecule has 7 heteroatoms. The van der Waals surface area contributed by atoms with E-state index in [9.17, 15) is 4.79 Å². The fourth-order valence-corrected chi connectivity index (χ4v) is 3.70. The second kappa shape index (κ2) is 11.4. The van der Waals surface area contributed by atoms with Crippen molar-refractivity contribution >= 4 is 11.6 Å². The van der Waals surface area contributed by atoms with Gasteiger partial charge in [0.25, 0.3) is 5.91 Å². The summed E-state index contributed by atoms with van der Waals surface area (Å²) >= 11 is 0. The van der Waals surface area contributed by atoms with Crippen LogP contribution >= 0.6 is 0 Å². The summed E-state index contributed by atoms with van der Waals surface area (Å²) in [6, 6.07) is 13.1. The Bertz CT molecular complexity index is 890. The van der Waals surface area contributed by atoms with Gasteiger partial charge in [-0.15, -0.1) is 0 Å². The first-order valence-corrected chi connectivity index (χ1v) is 10.7. The van der Waals surface area contributed by atoms with Gasteiger partial charge in [0.2, 0.25) is 0 Å². The second-order valence-electron chi connectivity index (χ2n) is 7.71. The second-order valence-corrected chi connectivity index (χ2v) is 7.71. The van der Waals surface area contributed by atoms with Crippen LogP contribution in [0.5, 0.6) is 17.2 Å². The highest BCUT2D eigenvalue weighted by atomic mass is 16.5. The van der Waals surface area contributed by atoms with Crippen molar-refractivity contribution < 1.29 is 23.9 Å². The van der Waals surface area contributed by atoms with Gasteiger partial charge < -0.3 is 19.1 Å². The van der Waals surface area contributed by atoms with E-state index in [4.69, 9.17) is 14.2 Å². The smallest absolute Gasteiger partial charge is 0.277 e. The standard InChI is InChI=1S/C24H31N3O4/c1-18(25-26-24(28)17-31-22-10-8-21(29-2)9-11-22)19-7-12-23(30-3)20(15-19)16-27-13-5-4-6-14-27/h7-12,15H,4-6,13-14,16-17H2,1-3H3,(H,26,28)/p+1/b25-18-. The number of benzene rings is 2. The third kappa shape index (κ3) is 6.72. The summed E-state index contributed by atoms with van der Waals surface area (Å²) in [5.74, 6) is 1.91. The molecule has 1 fully saturated rings. The highest BCUT2D eigenvalue weighted by Crippen LogP contribution is 2.20. The number of hydrazone groups is 1. The predicted molar refractivity (Wildman–Crippen MR) is 120 cm³/mol. The molecule has 1 saturated heterocycles. The molecule has 0 aromatic heterocycles. The minimum Gasteiger partial charge on any atom is -0.497 e. The zero-order valence-electron chi connectivity index (χ0n) is 18.6. The number of quaternary nitrogens is 1. The predicted octanol–water partition coefficient (Wildman–Crippen LogP) is 2.19. The van der Waals surface area contributed by atoms with Crippen molar-refractivity contribution in [3.8, 4) is 17.2 Å². The lowest BCUT2D eigenvalue weighted by molar-refractivity contribution is -0.918. The van der Waals surface area contributed by atoms with Gasteiger partial charge in [0, 0.05) is 5.56 Å². The number of likely N-dealkylation sites (tertiary alicyclic amines) is 1. The summed E-state index contributed by atoms with van der Waals surface area (Å²) in [5, 5.41) is 4.25. The Morgan fingerprint density at radius 2 is 1.71 bits per heavy atom. The molecule has 31 heavy (non-hydrogen) atoms. The minimum absolute atomic E-state index is 0.116. The molecule has 7 nitrogen and oxygen atoms in total. The monoisotopic (exact) mass is 426 g/mol. The number of piperidine rings is 1. The number of hydrogen-bond acceptors (Lipinski definition) is 5. The van der Waals surface area contributed by atoms with Gasteiger partial charge in [-0.25, -0.2) is 5.43 Å². The van der Waals surface area contributed by atoms with Crippen LogP contribution in [0.4, 0.5) is 0 Å². The zero-order chi connectivity index (χ0) is 22.1. The Kier molecular flexibility index (Phi) is 8.29. The fraction of sp³-hybridized carbons (Fsp3) is 0.417. The van der Waals surface area contributed by atoms with Crippen molar-refractivity contribution in [3.63, 3.8) is 0 Å². The number of carbonyl (C=O) groups is 1. The number of carbonyl (C=O) groups excluding carboxylic acids is 1. The molecule has 2 aromatic carbocycles. The number of ether oxygens (including phenoxy) is 3. The maximum Gasteiger partial charge on any atom is 0.277 e. The molecule has 0 aliphatic carbocycles. The molecule has 166 valence electrons.